The Bertz CT molecular complexity index is 615. The third-order valence-corrected chi connectivity index (χ3v) is 3.22. The van der Waals surface area contributed by atoms with Gasteiger partial charge >= 0.3 is 6.18 Å². The van der Waals surface area contributed by atoms with E-state index in [1.165, 1.54) is 12.1 Å². The zero-order chi connectivity index (χ0) is 16.2. The number of nitrogens with two attached hydrogens (primary N) is 1. The van der Waals surface area contributed by atoms with Gasteiger partial charge in [0.25, 0.3) is 0 Å². The molecule has 0 aliphatic heterocycles. The number of benzene rings is 2. The predicted octanol–water partition coefficient (Wildman–Crippen LogP) is 3.80. The average molecular weight is 310 g/mol. The first kappa shape index (κ1) is 16.0. The van der Waals surface area contributed by atoms with Crippen LogP contribution in [0.5, 0.6) is 5.75 Å². The van der Waals surface area contributed by atoms with Gasteiger partial charge in [-0.15, -0.1) is 0 Å². The Morgan fingerprint density at radius 3 is 2.41 bits per heavy atom. The molecule has 22 heavy (non-hydrogen) atoms. The summed E-state index contributed by atoms with van der Waals surface area (Å²) in [4.78, 5) is 1.96. The predicted molar refractivity (Wildman–Crippen MR) is 81.1 cm³/mol. The molecule has 0 amide bonds. The van der Waals surface area contributed by atoms with Crippen LogP contribution in [0.15, 0.2) is 48.5 Å². The molecule has 2 aromatic carbocycles. The lowest BCUT2D eigenvalue weighted by molar-refractivity contribution is -0.137. The van der Waals surface area contributed by atoms with E-state index in [-0.39, 0.29) is 18.0 Å². The van der Waals surface area contributed by atoms with E-state index in [0.29, 0.717) is 6.54 Å². The number of anilines is 2. The van der Waals surface area contributed by atoms with Crippen molar-refractivity contribution in [1.29, 1.82) is 0 Å². The monoisotopic (exact) mass is 310 g/mol. The van der Waals surface area contributed by atoms with Gasteiger partial charge in [0.05, 0.1) is 12.1 Å². The Kier molecular flexibility index (Phi) is 4.80. The van der Waals surface area contributed by atoms with Crippen LogP contribution in [0.25, 0.3) is 0 Å². The van der Waals surface area contributed by atoms with E-state index in [9.17, 15) is 13.2 Å². The van der Waals surface area contributed by atoms with Crippen LogP contribution in [-0.2, 0) is 6.18 Å². The van der Waals surface area contributed by atoms with Crippen molar-refractivity contribution in [2.24, 2.45) is 0 Å². The van der Waals surface area contributed by atoms with Crippen molar-refractivity contribution in [1.82, 2.24) is 0 Å². The van der Waals surface area contributed by atoms with Crippen LogP contribution in [0, 0.1) is 0 Å². The fourth-order valence-electron chi connectivity index (χ4n) is 1.98. The highest BCUT2D eigenvalue weighted by molar-refractivity contribution is 5.52. The van der Waals surface area contributed by atoms with Crippen LogP contribution in [0.4, 0.5) is 24.5 Å². The van der Waals surface area contributed by atoms with Crippen LogP contribution in [0.2, 0.25) is 0 Å². The minimum absolute atomic E-state index is 0.156. The first-order valence-electron chi connectivity index (χ1n) is 6.73. The highest BCUT2D eigenvalue weighted by Gasteiger charge is 2.33. The molecule has 118 valence electrons. The maximum Gasteiger partial charge on any atom is 0.418 e. The summed E-state index contributed by atoms with van der Waals surface area (Å²) in [6.45, 7) is 0.822. The standard InChI is InChI=1S/C16H17F3N2O/c1-21(12-5-3-2-4-6-12)9-10-22-13-7-8-15(20)14(11-13)16(17,18)19/h2-8,11H,9-10,20H2,1H3. The summed E-state index contributed by atoms with van der Waals surface area (Å²) in [7, 11) is 1.89. The molecule has 2 rings (SSSR count). The number of likely N-dealkylation sites (N-methyl/N-ethyl adjacent to an activating group) is 1. The Balaban J connectivity index is 1.95. The van der Waals surface area contributed by atoms with Gasteiger partial charge in [-0.2, -0.15) is 13.2 Å². The molecule has 0 spiro atoms. The third kappa shape index (κ3) is 4.07. The van der Waals surface area contributed by atoms with E-state index < -0.39 is 11.7 Å². The molecular formula is C16H17F3N2O. The number of hydrogen-bond donors (Lipinski definition) is 1. The highest BCUT2D eigenvalue weighted by Crippen LogP contribution is 2.35. The van der Waals surface area contributed by atoms with E-state index in [1.54, 1.807) is 0 Å². The van der Waals surface area contributed by atoms with Gasteiger partial charge in [0.15, 0.2) is 0 Å². The number of ether oxygens (including phenoxy) is 1. The van der Waals surface area contributed by atoms with E-state index in [0.717, 1.165) is 11.8 Å². The normalized spacial score (nSPS) is 11.3. The molecule has 2 aromatic rings. The summed E-state index contributed by atoms with van der Waals surface area (Å²) in [5.41, 5.74) is 5.18. The van der Waals surface area contributed by atoms with Gasteiger partial charge in [-0.05, 0) is 30.3 Å². The smallest absolute Gasteiger partial charge is 0.418 e. The zero-order valence-electron chi connectivity index (χ0n) is 12.1. The Hall–Kier alpha value is -2.37. The van der Waals surface area contributed by atoms with E-state index in [1.807, 2.05) is 42.3 Å². The molecule has 0 aliphatic carbocycles. The van der Waals surface area contributed by atoms with Crippen molar-refractivity contribution >= 4 is 11.4 Å². The first-order chi connectivity index (χ1) is 10.4. The number of alkyl halides is 3. The summed E-state index contributed by atoms with van der Waals surface area (Å²) < 4.78 is 43.7. The second-order valence-corrected chi connectivity index (χ2v) is 4.85. The van der Waals surface area contributed by atoms with Gasteiger partial charge < -0.3 is 15.4 Å². The van der Waals surface area contributed by atoms with Crippen molar-refractivity contribution in [3.05, 3.63) is 54.1 Å². The van der Waals surface area contributed by atoms with E-state index in [2.05, 4.69) is 0 Å². The van der Waals surface area contributed by atoms with Gasteiger partial charge in [0, 0.05) is 18.4 Å². The molecule has 0 radical (unpaired) electrons. The third-order valence-electron chi connectivity index (χ3n) is 3.22. The molecule has 0 fully saturated rings. The number of hydrogen-bond acceptors (Lipinski definition) is 3. The molecule has 0 saturated carbocycles. The van der Waals surface area contributed by atoms with Crippen molar-refractivity contribution in [2.75, 3.05) is 30.8 Å². The lowest BCUT2D eigenvalue weighted by Crippen LogP contribution is -2.23. The maximum atomic E-state index is 12.8. The topological polar surface area (TPSA) is 38.5 Å². The minimum atomic E-state index is -4.48. The summed E-state index contributed by atoms with van der Waals surface area (Å²) in [5.74, 6) is 0.156. The second kappa shape index (κ2) is 6.60. The quantitative estimate of drug-likeness (QED) is 0.854. The molecule has 0 aromatic heterocycles. The van der Waals surface area contributed by atoms with Gasteiger partial charge in [0.1, 0.15) is 12.4 Å². The van der Waals surface area contributed by atoms with E-state index >= 15 is 0 Å². The number of rotatable bonds is 5. The second-order valence-electron chi connectivity index (χ2n) is 4.85. The largest absolute Gasteiger partial charge is 0.492 e. The fourth-order valence-corrected chi connectivity index (χ4v) is 1.98. The first-order valence-corrected chi connectivity index (χ1v) is 6.73. The van der Waals surface area contributed by atoms with Gasteiger partial charge in [-0.25, -0.2) is 0 Å². The van der Waals surface area contributed by atoms with Gasteiger partial charge in [-0.3, -0.25) is 0 Å². The van der Waals surface area contributed by atoms with Crippen LogP contribution in [0.1, 0.15) is 5.56 Å². The van der Waals surface area contributed by atoms with E-state index in [4.69, 9.17) is 10.5 Å². The molecule has 0 unspecified atom stereocenters. The van der Waals surface area contributed by atoms with Gasteiger partial charge in [-0.1, -0.05) is 18.2 Å². The minimum Gasteiger partial charge on any atom is -0.492 e. The van der Waals surface area contributed by atoms with Crippen molar-refractivity contribution in [3.63, 3.8) is 0 Å². The van der Waals surface area contributed by atoms with Crippen LogP contribution < -0.4 is 15.4 Å². The SMILES string of the molecule is CN(CCOc1ccc(N)c(C(F)(F)F)c1)c1ccccc1. The van der Waals surface area contributed by atoms with Crippen LogP contribution in [0.3, 0.4) is 0 Å². The molecule has 2 N–H and O–H groups in total. The Morgan fingerprint density at radius 2 is 1.77 bits per heavy atom. The molecule has 6 heteroatoms. The molecule has 3 nitrogen and oxygen atoms in total. The fraction of sp³-hybridized carbons (Fsp3) is 0.250. The zero-order valence-corrected chi connectivity index (χ0v) is 12.1. The lowest BCUT2D eigenvalue weighted by atomic mass is 10.1. The molecule has 0 saturated heterocycles. The molecular weight excluding hydrogens is 293 g/mol. The van der Waals surface area contributed by atoms with Crippen LogP contribution >= 0.6 is 0 Å². The Morgan fingerprint density at radius 1 is 1.09 bits per heavy atom. The molecule has 0 atom stereocenters. The van der Waals surface area contributed by atoms with Crippen molar-refractivity contribution < 1.29 is 17.9 Å². The number of nitrogens with zero attached hydrogens (tertiary/aromatic N) is 1. The number of halogens is 3. The summed E-state index contributed by atoms with van der Waals surface area (Å²) in [5, 5.41) is 0. The van der Waals surface area contributed by atoms with Crippen molar-refractivity contribution in [2.45, 2.75) is 6.18 Å². The lowest BCUT2D eigenvalue weighted by Gasteiger charge is -2.19. The number of para-hydroxylation sites is 1. The molecule has 0 bridgehead atoms. The summed E-state index contributed by atoms with van der Waals surface area (Å²) >= 11 is 0. The highest BCUT2D eigenvalue weighted by atomic mass is 19.4. The maximum absolute atomic E-state index is 12.8. The number of nitrogen functional groups attached to an aromatic ring is 1. The Labute approximate surface area is 127 Å². The summed E-state index contributed by atoms with van der Waals surface area (Å²) in [6.07, 6.45) is -4.48. The van der Waals surface area contributed by atoms with Gasteiger partial charge in [0.2, 0.25) is 0 Å². The van der Waals surface area contributed by atoms with Crippen molar-refractivity contribution in [3.8, 4) is 5.75 Å². The van der Waals surface area contributed by atoms with Crippen LogP contribution in [-0.4, -0.2) is 20.2 Å². The molecule has 0 heterocycles. The summed E-state index contributed by atoms with van der Waals surface area (Å²) in [6, 6.07) is 13.2. The average Bonchev–Trinajstić information content (AvgIpc) is 2.48. The molecule has 0 aliphatic rings.